The number of aryl methyl sites for hydroxylation is 1. The quantitative estimate of drug-likeness (QED) is 0.140. The van der Waals surface area contributed by atoms with Gasteiger partial charge in [-0.25, -0.2) is 0 Å². The Bertz CT molecular complexity index is 3490. The van der Waals surface area contributed by atoms with Crippen LogP contribution < -0.4 is 0 Å². The van der Waals surface area contributed by atoms with Crippen molar-refractivity contribution in [3.8, 4) is 5.69 Å². The summed E-state index contributed by atoms with van der Waals surface area (Å²) in [5.41, 5.74) is 20.0. The van der Waals surface area contributed by atoms with Crippen LogP contribution in [0.1, 0.15) is 79.0 Å². The molecule has 0 N–H and O–H groups in total. The van der Waals surface area contributed by atoms with Gasteiger partial charge in [0.05, 0.1) is 16.4 Å². The molecule has 1 unspecified atom stereocenters. The lowest BCUT2D eigenvalue weighted by Crippen LogP contribution is -2.29. The van der Waals surface area contributed by atoms with Crippen molar-refractivity contribution < 1.29 is 0 Å². The van der Waals surface area contributed by atoms with E-state index in [-0.39, 0.29) is 5.41 Å². The first-order chi connectivity index (χ1) is 34.4. The van der Waals surface area contributed by atoms with E-state index in [0.717, 1.165) is 19.3 Å². The zero-order valence-electron chi connectivity index (χ0n) is 40.9. The van der Waals surface area contributed by atoms with Gasteiger partial charge in [-0.2, -0.15) is 0 Å². The van der Waals surface area contributed by atoms with Gasteiger partial charge >= 0.3 is 0 Å². The zero-order chi connectivity index (χ0) is 48.0. The van der Waals surface area contributed by atoms with Gasteiger partial charge in [0.1, 0.15) is 0 Å². The molecule has 0 spiro atoms. The molecule has 1 aromatic heterocycles. The second-order valence-electron chi connectivity index (χ2n) is 19.0. The van der Waals surface area contributed by atoms with Crippen LogP contribution in [-0.2, 0) is 5.41 Å². The van der Waals surface area contributed by atoms with Crippen LogP contribution in [-0.4, -0.2) is 4.57 Å². The van der Waals surface area contributed by atoms with Crippen LogP contribution >= 0.6 is 0 Å². The largest absolute Gasteiger partial charge is 0.309 e. The summed E-state index contributed by atoms with van der Waals surface area (Å²) in [5.74, 6) is 0.587. The summed E-state index contributed by atoms with van der Waals surface area (Å²) >= 11 is 0. The van der Waals surface area contributed by atoms with Crippen molar-refractivity contribution >= 4 is 49.3 Å². The van der Waals surface area contributed by atoms with Crippen molar-refractivity contribution in [1.29, 1.82) is 0 Å². The van der Waals surface area contributed by atoms with Crippen molar-refractivity contribution in [1.82, 2.24) is 4.57 Å². The third-order valence-corrected chi connectivity index (χ3v) is 14.4. The van der Waals surface area contributed by atoms with Gasteiger partial charge in [-0.1, -0.05) is 249 Å². The molecule has 0 radical (unpaired) electrons. The van der Waals surface area contributed by atoms with Gasteiger partial charge in [0.25, 0.3) is 0 Å². The lowest BCUT2D eigenvalue weighted by molar-refractivity contribution is 0.718. The first-order valence-corrected chi connectivity index (χ1v) is 24.9. The topological polar surface area (TPSA) is 4.93 Å². The summed E-state index contributed by atoms with van der Waals surface area (Å²) < 4.78 is 2.43. The molecule has 3 aliphatic carbocycles. The van der Waals surface area contributed by atoms with Crippen molar-refractivity contribution in [3.05, 3.63) is 299 Å². The smallest absolute Gasteiger partial charge is 0.0710 e. The van der Waals surface area contributed by atoms with Gasteiger partial charge in [0.2, 0.25) is 0 Å². The number of allylic oxidation sites excluding steroid dienone is 13. The molecule has 0 amide bonds. The summed E-state index contributed by atoms with van der Waals surface area (Å²) in [6.45, 7) is 12.4. The highest BCUT2D eigenvalue weighted by molar-refractivity contribution is 6.18. The number of hydrogen-bond acceptors (Lipinski definition) is 0. The Morgan fingerprint density at radius 1 is 0.629 bits per heavy atom. The molecule has 1 heterocycles. The summed E-state index contributed by atoms with van der Waals surface area (Å²) in [6.07, 6.45) is 20.7. The molecule has 0 saturated heterocycles. The Kier molecular flexibility index (Phi) is 13.3. The fourth-order valence-electron chi connectivity index (χ4n) is 11.0. The van der Waals surface area contributed by atoms with Crippen LogP contribution in [0.15, 0.2) is 260 Å². The minimum absolute atomic E-state index is 0.217. The second-order valence-corrected chi connectivity index (χ2v) is 19.0. The molecule has 0 aliphatic heterocycles. The van der Waals surface area contributed by atoms with E-state index < -0.39 is 0 Å². The van der Waals surface area contributed by atoms with Gasteiger partial charge in [0, 0.05) is 21.8 Å². The third kappa shape index (κ3) is 8.69. The van der Waals surface area contributed by atoms with Crippen molar-refractivity contribution in [3.63, 3.8) is 0 Å². The van der Waals surface area contributed by atoms with Crippen molar-refractivity contribution in [2.75, 3.05) is 0 Å². The molecule has 8 aromatic carbocycles. The average molecular weight is 904 g/mol. The van der Waals surface area contributed by atoms with E-state index in [1.54, 1.807) is 0 Å². The molecule has 342 valence electrons. The molecular formula is C69H61N. The standard InChI is InChI=1S/C29H23N.C26H22.C14H16/c1-20-10-12-21(13-11-20)22-14-17-24(18-15-22)30-28-9-5-4-8-26(28)27-19-16-23-6-2-3-7-25(23)29(27)30;1-19-16-17-25-23(18-19)22-14-8-9-15-24(22)26(25,20-10-4-2-5-11-20)21-12-6-3-7-13-21;1-4-6-13(7-5-2)14-10-8-12(3)9-11-14/h2-10,12,14-19H,11,13H2,1H3;2-17,19H,18H2,1H3;4-11H,1H2,2-3H3/b;;7-5-,13-6+. The Labute approximate surface area is 415 Å². The van der Waals surface area contributed by atoms with Crippen LogP contribution in [0.3, 0.4) is 0 Å². The van der Waals surface area contributed by atoms with Gasteiger partial charge in [-0.15, -0.1) is 0 Å². The molecule has 9 aromatic rings. The van der Waals surface area contributed by atoms with Crippen LogP contribution in [0.5, 0.6) is 0 Å². The van der Waals surface area contributed by atoms with Crippen LogP contribution in [0.25, 0.3) is 55.0 Å². The molecule has 1 heteroatoms. The summed E-state index contributed by atoms with van der Waals surface area (Å²) in [5, 5.41) is 5.19. The van der Waals surface area contributed by atoms with Gasteiger partial charge in [-0.05, 0) is 125 Å². The Hall–Kier alpha value is -8.00. The van der Waals surface area contributed by atoms with E-state index in [0.29, 0.717) is 5.92 Å². The molecule has 70 heavy (non-hydrogen) atoms. The van der Waals surface area contributed by atoms with E-state index in [4.69, 9.17) is 0 Å². The maximum atomic E-state index is 3.72. The highest BCUT2D eigenvalue weighted by Gasteiger charge is 2.47. The molecule has 0 saturated carbocycles. The third-order valence-electron chi connectivity index (χ3n) is 14.4. The monoisotopic (exact) mass is 903 g/mol. The first kappa shape index (κ1) is 45.8. The average Bonchev–Trinajstić information content (AvgIpc) is 3.91. The normalized spacial score (nSPS) is 15.9. The van der Waals surface area contributed by atoms with E-state index >= 15 is 0 Å². The minimum Gasteiger partial charge on any atom is -0.309 e. The van der Waals surface area contributed by atoms with Crippen LogP contribution in [0.4, 0.5) is 0 Å². The summed E-state index contributed by atoms with van der Waals surface area (Å²) in [6, 6.07) is 70.5. The highest BCUT2D eigenvalue weighted by Crippen LogP contribution is 2.57. The van der Waals surface area contributed by atoms with Gasteiger partial charge in [0.15, 0.2) is 0 Å². The summed E-state index contributed by atoms with van der Waals surface area (Å²) in [4.78, 5) is 0. The Morgan fingerprint density at radius 2 is 1.29 bits per heavy atom. The molecule has 0 bridgehead atoms. The lowest BCUT2D eigenvalue weighted by atomic mass is 9.66. The summed E-state index contributed by atoms with van der Waals surface area (Å²) in [7, 11) is 0. The van der Waals surface area contributed by atoms with E-state index in [2.05, 4.69) is 256 Å². The predicted molar refractivity (Wildman–Crippen MR) is 302 cm³/mol. The molecule has 1 nitrogen and oxygen atoms in total. The highest BCUT2D eigenvalue weighted by atomic mass is 15.0. The van der Waals surface area contributed by atoms with E-state index in [1.807, 2.05) is 25.2 Å². The second kappa shape index (κ2) is 20.3. The number of benzene rings is 8. The van der Waals surface area contributed by atoms with Crippen molar-refractivity contribution in [2.24, 2.45) is 5.92 Å². The fourth-order valence-corrected chi connectivity index (χ4v) is 11.0. The van der Waals surface area contributed by atoms with Crippen LogP contribution in [0, 0.1) is 12.8 Å². The van der Waals surface area contributed by atoms with E-state index in [1.165, 1.54) is 105 Å². The predicted octanol–water partition coefficient (Wildman–Crippen LogP) is 18.6. The molecule has 0 fully saturated rings. The number of nitrogens with zero attached hydrogens (tertiary/aromatic N) is 1. The SMILES string of the molecule is C=C/C=C(\C=C/C)c1ccc(C)cc1.CC1=CC=C(c2ccc(-n3c4ccccc4c4ccc5ccccc5c43)cc2)CC1.CC1C=CC2=C(C1)c1ccccc1C2(c1ccccc1)c1ccccc1. The number of fused-ring (bicyclic) bond motifs is 7. The Morgan fingerprint density at radius 3 is 1.97 bits per heavy atom. The minimum atomic E-state index is -0.217. The van der Waals surface area contributed by atoms with Crippen LogP contribution in [0.2, 0.25) is 0 Å². The van der Waals surface area contributed by atoms with E-state index in [9.17, 15) is 0 Å². The maximum Gasteiger partial charge on any atom is 0.0710 e. The number of hydrogen-bond donors (Lipinski definition) is 0. The molecule has 1 atom stereocenters. The lowest BCUT2D eigenvalue weighted by Gasteiger charge is -2.35. The van der Waals surface area contributed by atoms with Gasteiger partial charge in [-0.3, -0.25) is 0 Å². The number of para-hydroxylation sites is 1. The van der Waals surface area contributed by atoms with Crippen molar-refractivity contribution in [2.45, 2.75) is 52.4 Å². The fraction of sp³-hybridized carbons (Fsp3) is 0.130. The molecule has 3 aliphatic rings. The molecule has 12 rings (SSSR count). The zero-order valence-corrected chi connectivity index (χ0v) is 40.9. The molecular weight excluding hydrogens is 843 g/mol. The van der Waals surface area contributed by atoms with Gasteiger partial charge < -0.3 is 4.57 Å². The maximum absolute atomic E-state index is 3.72. The number of rotatable bonds is 7. The Balaban J connectivity index is 0.000000130. The first-order valence-electron chi connectivity index (χ1n) is 24.9. The number of aromatic nitrogens is 1.